The number of carbonyl (C=O) groups excluding carboxylic acids is 2. The van der Waals surface area contributed by atoms with Crippen LogP contribution in [0.2, 0.25) is 0 Å². The van der Waals surface area contributed by atoms with Gasteiger partial charge in [0.25, 0.3) is 0 Å². The fourth-order valence-corrected chi connectivity index (χ4v) is 6.73. The minimum absolute atomic E-state index is 0.130. The van der Waals surface area contributed by atoms with E-state index in [9.17, 15) is 14.8 Å². The van der Waals surface area contributed by atoms with E-state index in [0.717, 1.165) is 25.7 Å². The van der Waals surface area contributed by atoms with E-state index in [0.29, 0.717) is 45.5 Å². The van der Waals surface area contributed by atoms with Crippen LogP contribution in [0.15, 0.2) is 0 Å². The topological polar surface area (TPSA) is 72.8 Å². The van der Waals surface area contributed by atoms with Crippen LogP contribution in [0.4, 0.5) is 0 Å². The summed E-state index contributed by atoms with van der Waals surface area (Å²) in [6, 6.07) is 0. The largest absolute Gasteiger partial charge is 0.465 e. The molecule has 0 amide bonds. The molecule has 0 radical (unpaired) electrons. The maximum atomic E-state index is 12.2. The van der Waals surface area contributed by atoms with Gasteiger partial charge in [0, 0.05) is 19.3 Å². The summed E-state index contributed by atoms with van der Waals surface area (Å²) in [4.78, 5) is 24.3. The SMILES string of the molecule is CCCCCCCCCCCCCCCCCC(=O)OCCC[N+](O)(CC)CCOC(=O)CCCCCCCCCCCCCCCCC. The summed E-state index contributed by atoms with van der Waals surface area (Å²) in [7, 11) is 0. The van der Waals surface area contributed by atoms with Crippen LogP contribution in [0.25, 0.3) is 0 Å². The van der Waals surface area contributed by atoms with Crippen LogP contribution in [0, 0.1) is 0 Å². The maximum Gasteiger partial charge on any atom is 0.305 e. The lowest BCUT2D eigenvalue weighted by Gasteiger charge is -2.28. The summed E-state index contributed by atoms with van der Waals surface area (Å²) in [6.07, 6.45) is 40.9. The molecule has 6 heteroatoms. The molecule has 0 fully saturated rings. The average Bonchev–Trinajstić information content (AvgIpc) is 3.10. The Morgan fingerprint density at radius 1 is 0.388 bits per heavy atom. The van der Waals surface area contributed by atoms with E-state index in [4.69, 9.17) is 9.47 Å². The van der Waals surface area contributed by atoms with Gasteiger partial charge in [-0.05, 0) is 19.8 Å². The molecular weight excluding hydrogens is 610 g/mol. The van der Waals surface area contributed by atoms with Gasteiger partial charge < -0.3 is 9.47 Å². The predicted molar refractivity (Wildman–Crippen MR) is 208 cm³/mol. The minimum Gasteiger partial charge on any atom is -0.465 e. The molecule has 0 aliphatic rings. The highest BCUT2D eigenvalue weighted by atomic mass is 16.6. The molecule has 0 rings (SSSR count). The van der Waals surface area contributed by atoms with Crippen molar-refractivity contribution in [1.82, 2.24) is 0 Å². The molecule has 0 aromatic rings. The molecule has 0 saturated heterocycles. The van der Waals surface area contributed by atoms with Gasteiger partial charge in [0.15, 0.2) is 0 Å². The van der Waals surface area contributed by atoms with Gasteiger partial charge in [-0.2, -0.15) is 4.65 Å². The molecule has 0 aromatic heterocycles. The third kappa shape index (κ3) is 36.5. The first kappa shape index (κ1) is 47.9. The monoisotopic (exact) mass is 697 g/mol. The molecule has 0 saturated carbocycles. The smallest absolute Gasteiger partial charge is 0.305 e. The van der Waals surface area contributed by atoms with Crippen LogP contribution in [-0.2, 0) is 19.1 Å². The first-order valence-corrected chi connectivity index (χ1v) is 21.9. The maximum absolute atomic E-state index is 12.2. The van der Waals surface area contributed by atoms with Gasteiger partial charge in [-0.15, -0.1) is 0 Å². The number of hydrogen-bond donors (Lipinski definition) is 1. The lowest BCUT2D eigenvalue weighted by molar-refractivity contribution is -1.10. The molecular formula is C43H86NO5+. The van der Waals surface area contributed by atoms with E-state index >= 15 is 0 Å². The fraction of sp³-hybridized carbons (Fsp3) is 0.953. The Balaban J connectivity index is 3.57. The van der Waals surface area contributed by atoms with E-state index in [2.05, 4.69) is 13.8 Å². The normalized spacial score (nSPS) is 12.7. The second-order valence-electron chi connectivity index (χ2n) is 15.1. The van der Waals surface area contributed by atoms with Crippen molar-refractivity contribution in [2.75, 3.05) is 32.8 Å². The fourth-order valence-electron chi connectivity index (χ4n) is 6.73. The van der Waals surface area contributed by atoms with E-state index in [1.54, 1.807) is 0 Å². The zero-order chi connectivity index (χ0) is 35.9. The first-order chi connectivity index (χ1) is 24.0. The molecule has 292 valence electrons. The standard InChI is InChI=1S/C43H86NO5/c1-4-7-9-11-13-15-17-19-21-23-25-27-29-31-33-36-42(45)48-40-35-38-44(47,6-3)39-41-49-43(46)37-34-32-30-28-26-24-22-20-18-16-14-12-10-8-5-2/h47H,4-41H2,1-3H3/q+1. The number of hydrogen-bond acceptors (Lipinski definition) is 5. The number of esters is 2. The number of unbranched alkanes of at least 4 members (excludes halogenated alkanes) is 28. The molecule has 0 aliphatic carbocycles. The van der Waals surface area contributed by atoms with Crippen LogP contribution < -0.4 is 0 Å². The zero-order valence-electron chi connectivity index (χ0n) is 33.4. The van der Waals surface area contributed by atoms with E-state index < -0.39 is 0 Å². The van der Waals surface area contributed by atoms with Gasteiger partial charge in [-0.1, -0.05) is 194 Å². The Morgan fingerprint density at radius 3 is 0.980 bits per heavy atom. The first-order valence-electron chi connectivity index (χ1n) is 21.9. The summed E-state index contributed by atoms with van der Waals surface area (Å²) in [5, 5.41) is 10.9. The molecule has 0 bridgehead atoms. The lowest BCUT2D eigenvalue weighted by atomic mass is 10.0. The summed E-state index contributed by atoms with van der Waals surface area (Å²) in [5.74, 6) is -0.292. The highest BCUT2D eigenvalue weighted by molar-refractivity contribution is 5.69. The molecule has 1 N–H and O–H groups in total. The van der Waals surface area contributed by atoms with E-state index in [-0.39, 0.29) is 23.2 Å². The van der Waals surface area contributed by atoms with Gasteiger partial charge in [-0.3, -0.25) is 9.59 Å². The third-order valence-electron chi connectivity index (χ3n) is 10.3. The number of ether oxygens (including phenoxy) is 2. The van der Waals surface area contributed by atoms with Crippen molar-refractivity contribution in [3.63, 3.8) is 0 Å². The Bertz CT molecular complexity index is 702. The number of carbonyl (C=O) groups is 2. The van der Waals surface area contributed by atoms with Crippen molar-refractivity contribution in [1.29, 1.82) is 0 Å². The van der Waals surface area contributed by atoms with Crippen LogP contribution in [-0.4, -0.2) is 54.6 Å². The summed E-state index contributed by atoms with van der Waals surface area (Å²) >= 11 is 0. The van der Waals surface area contributed by atoms with Crippen molar-refractivity contribution in [3.05, 3.63) is 0 Å². The minimum atomic E-state index is -0.164. The predicted octanol–water partition coefficient (Wildman–Crippen LogP) is 13.2. The zero-order valence-corrected chi connectivity index (χ0v) is 33.4. The van der Waals surface area contributed by atoms with Crippen LogP contribution in [0.5, 0.6) is 0 Å². The quantitative estimate of drug-likeness (QED) is 0.0299. The van der Waals surface area contributed by atoms with Gasteiger partial charge >= 0.3 is 11.9 Å². The molecule has 1 atom stereocenters. The van der Waals surface area contributed by atoms with E-state index in [1.165, 1.54) is 167 Å². The van der Waals surface area contributed by atoms with Crippen LogP contribution >= 0.6 is 0 Å². The number of hydroxylamine groups is 3. The van der Waals surface area contributed by atoms with Crippen molar-refractivity contribution >= 4 is 11.9 Å². The second kappa shape index (κ2) is 38.1. The second-order valence-corrected chi connectivity index (χ2v) is 15.1. The van der Waals surface area contributed by atoms with Crippen LogP contribution in [0.3, 0.4) is 0 Å². The van der Waals surface area contributed by atoms with Crippen LogP contribution in [0.1, 0.15) is 233 Å². The molecule has 0 aliphatic heterocycles. The number of quaternary nitrogens is 1. The van der Waals surface area contributed by atoms with Gasteiger partial charge in [0.1, 0.15) is 26.2 Å². The molecule has 49 heavy (non-hydrogen) atoms. The Labute approximate surface area is 305 Å². The third-order valence-corrected chi connectivity index (χ3v) is 10.3. The van der Waals surface area contributed by atoms with Crippen molar-refractivity contribution in [2.24, 2.45) is 0 Å². The highest BCUT2D eigenvalue weighted by Gasteiger charge is 2.23. The summed E-state index contributed by atoms with van der Waals surface area (Å²) in [6.45, 7) is 8.42. The van der Waals surface area contributed by atoms with E-state index in [1.807, 2.05) is 6.92 Å². The van der Waals surface area contributed by atoms with Gasteiger partial charge in [0.05, 0.1) is 6.61 Å². The van der Waals surface area contributed by atoms with Crippen molar-refractivity contribution < 1.29 is 28.9 Å². The molecule has 0 spiro atoms. The lowest BCUT2D eigenvalue weighted by Crippen LogP contribution is -2.48. The molecule has 1 unspecified atom stereocenters. The number of likely N-dealkylation sites (N-methyl/N-ethyl adjacent to an activating group) is 1. The summed E-state index contributed by atoms with van der Waals surface area (Å²) in [5.41, 5.74) is 0. The Kier molecular flexibility index (Phi) is 37.2. The Hall–Kier alpha value is -1.14. The Morgan fingerprint density at radius 2 is 0.673 bits per heavy atom. The van der Waals surface area contributed by atoms with Gasteiger partial charge in [-0.25, -0.2) is 5.21 Å². The van der Waals surface area contributed by atoms with Crippen molar-refractivity contribution in [2.45, 2.75) is 233 Å². The number of nitrogens with zero attached hydrogens (tertiary/aromatic N) is 1. The number of rotatable bonds is 40. The van der Waals surface area contributed by atoms with Gasteiger partial charge in [0.2, 0.25) is 0 Å². The molecule has 0 aromatic carbocycles. The summed E-state index contributed by atoms with van der Waals surface area (Å²) < 4.78 is 10.7. The molecule has 0 heterocycles. The van der Waals surface area contributed by atoms with Crippen molar-refractivity contribution in [3.8, 4) is 0 Å². The highest BCUT2D eigenvalue weighted by Crippen LogP contribution is 2.16. The average molecular weight is 697 g/mol. The molecule has 6 nitrogen and oxygen atoms in total.